The molecule has 74 valence electrons. The first kappa shape index (κ1) is 12.0. The molecular weight excluding hydrogens is 146 g/mol. The Morgan fingerprint density at radius 1 is 1.00 bits per heavy atom. The molecule has 0 aromatic heterocycles. The zero-order chi connectivity index (χ0) is 8.86. The summed E-state index contributed by atoms with van der Waals surface area (Å²) in [4.78, 5) is 2.56. The van der Waals surface area contributed by atoms with Gasteiger partial charge in [-0.3, -0.25) is 4.90 Å². The molecule has 0 N–H and O–H groups in total. The quantitative estimate of drug-likeness (QED) is 0.506. The largest absolute Gasteiger partial charge is 0.292 e. The minimum absolute atomic E-state index is 0. The maximum Gasteiger partial charge on any atom is 0.0277 e. The fourth-order valence-corrected chi connectivity index (χ4v) is 1.62. The Bertz CT molecular complexity index is 129. The lowest BCUT2D eigenvalue weighted by molar-refractivity contribution is 0.229. The summed E-state index contributed by atoms with van der Waals surface area (Å²) in [6.45, 7) is 15.1. The fourth-order valence-electron chi connectivity index (χ4n) is 1.62. The molecule has 0 aromatic rings. The summed E-state index contributed by atoms with van der Waals surface area (Å²) >= 11 is 0. The highest BCUT2D eigenvalue weighted by Gasteiger charge is 2.47. The normalized spacial score (nSPS) is 29.5. The first-order valence-electron chi connectivity index (χ1n) is 4.49. The van der Waals surface area contributed by atoms with Crippen LogP contribution in [-0.4, -0.2) is 23.0 Å². The van der Waals surface area contributed by atoms with Crippen LogP contribution in [0.25, 0.3) is 0 Å². The van der Waals surface area contributed by atoms with Crippen molar-refractivity contribution in [1.82, 2.24) is 4.90 Å². The summed E-state index contributed by atoms with van der Waals surface area (Å²) in [5.74, 6) is 0. The molecule has 1 nitrogen and oxygen atoms in total. The van der Waals surface area contributed by atoms with Gasteiger partial charge < -0.3 is 0 Å². The van der Waals surface area contributed by atoms with Gasteiger partial charge in [-0.15, -0.1) is 0 Å². The lowest BCUT2D eigenvalue weighted by Gasteiger charge is -2.26. The lowest BCUT2D eigenvalue weighted by atomic mass is 9.91. The third-order valence-electron chi connectivity index (χ3n) is 2.47. The molecular formula is C11H25N. The van der Waals surface area contributed by atoms with Crippen LogP contribution in [-0.2, 0) is 0 Å². The summed E-state index contributed by atoms with van der Waals surface area (Å²) in [5, 5.41) is 0. The highest BCUT2D eigenvalue weighted by molar-refractivity contribution is 5.03. The SMILES string of the molecule is C.CC(C)(C)C1CN1C(C)(C)C. The molecule has 1 fully saturated rings. The van der Waals surface area contributed by atoms with Crippen molar-refractivity contribution >= 4 is 0 Å². The summed E-state index contributed by atoms with van der Waals surface area (Å²) < 4.78 is 0. The summed E-state index contributed by atoms with van der Waals surface area (Å²) in [6, 6.07) is 0.808. The molecule has 1 heterocycles. The molecule has 0 amide bonds. The van der Waals surface area contributed by atoms with Gasteiger partial charge in [0.15, 0.2) is 0 Å². The first-order valence-corrected chi connectivity index (χ1v) is 4.49. The van der Waals surface area contributed by atoms with Crippen molar-refractivity contribution in [1.29, 1.82) is 0 Å². The molecule has 1 heteroatoms. The van der Waals surface area contributed by atoms with E-state index in [0.717, 1.165) is 6.04 Å². The Balaban J connectivity index is 0.00000121. The topological polar surface area (TPSA) is 3.01 Å². The van der Waals surface area contributed by atoms with E-state index in [4.69, 9.17) is 0 Å². The lowest BCUT2D eigenvalue weighted by Crippen LogP contribution is -2.31. The van der Waals surface area contributed by atoms with Gasteiger partial charge in [0.2, 0.25) is 0 Å². The standard InChI is InChI=1S/C10H21N.CH4/c1-9(2,3)8-7-11(8)10(4,5)6;/h8H,7H2,1-6H3;1H4. The molecule has 0 radical (unpaired) electrons. The van der Waals surface area contributed by atoms with Crippen molar-refractivity contribution in [3.63, 3.8) is 0 Å². The van der Waals surface area contributed by atoms with Crippen LogP contribution in [0.1, 0.15) is 49.0 Å². The minimum atomic E-state index is 0. The van der Waals surface area contributed by atoms with Crippen LogP contribution >= 0.6 is 0 Å². The minimum Gasteiger partial charge on any atom is -0.292 e. The molecule has 0 aliphatic carbocycles. The first-order chi connectivity index (χ1) is 4.73. The van der Waals surface area contributed by atoms with Gasteiger partial charge in [0.25, 0.3) is 0 Å². The predicted octanol–water partition coefficient (Wildman–Crippen LogP) is 3.15. The summed E-state index contributed by atoms with van der Waals surface area (Å²) in [7, 11) is 0. The van der Waals surface area contributed by atoms with Crippen LogP contribution in [0, 0.1) is 5.41 Å². The Labute approximate surface area is 78.1 Å². The molecule has 1 saturated heterocycles. The number of rotatable bonds is 0. The maximum atomic E-state index is 2.56. The van der Waals surface area contributed by atoms with Crippen molar-refractivity contribution in [2.24, 2.45) is 5.41 Å². The van der Waals surface area contributed by atoms with Crippen molar-refractivity contribution in [2.75, 3.05) is 6.54 Å². The van der Waals surface area contributed by atoms with Gasteiger partial charge in [-0.05, 0) is 26.2 Å². The van der Waals surface area contributed by atoms with Crippen LogP contribution < -0.4 is 0 Å². The monoisotopic (exact) mass is 171 g/mol. The van der Waals surface area contributed by atoms with Crippen molar-refractivity contribution in [3.05, 3.63) is 0 Å². The predicted molar refractivity (Wildman–Crippen MR) is 56.4 cm³/mol. The van der Waals surface area contributed by atoms with Crippen LogP contribution in [0.5, 0.6) is 0 Å². The molecule has 1 rings (SSSR count). The summed E-state index contributed by atoms with van der Waals surface area (Å²) in [6.07, 6.45) is 0. The molecule has 12 heavy (non-hydrogen) atoms. The second-order valence-electron chi connectivity index (χ2n) is 5.71. The Morgan fingerprint density at radius 3 is 1.50 bits per heavy atom. The molecule has 0 spiro atoms. The highest BCUT2D eigenvalue weighted by atomic mass is 15.4. The molecule has 1 aliphatic rings. The molecule has 0 aromatic carbocycles. The van der Waals surface area contributed by atoms with Crippen LogP contribution in [0.3, 0.4) is 0 Å². The van der Waals surface area contributed by atoms with Crippen LogP contribution in [0.4, 0.5) is 0 Å². The fraction of sp³-hybridized carbons (Fsp3) is 1.00. The number of hydrogen-bond donors (Lipinski definition) is 0. The van der Waals surface area contributed by atoms with E-state index in [-0.39, 0.29) is 7.43 Å². The second-order valence-corrected chi connectivity index (χ2v) is 5.71. The van der Waals surface area contributed by atoms with E-state index >= 15 is 0 Å². The van der Waals surface area contributed by atoms with E-state index in [2.05, 4.69) is 46.4 Å². The Kier molecular flexibility index (Phi) is 3.01. The van der Waals surface area contributed by atoms with Crippen molar-refractivity contribution in [2.45, 2.75) is 60.5 Å². The Morgan fingerprint density at radius 2 is 1.42 bits per heavy atom. The molecule has 0 saturated carbocycles. The van der Waals surface area contributed by atoms with E-state index in [1.165, 1.54) is 6.54 Å². The zero-order valence-electron chi connectivity index (χ0n) is 8.73. The van der Waals surface area contributed by atoms with E-state index < -0.39 is 0 Å². The smallest absolute Gasteiger partial charge is 0.0277 e. The van der Waals surface area contributed by atoms with Crippen LogP contribution in [0.15, 0.2) is 0 Å². The van der Waals surface area contributed by atoms with E-state index in [9.17, 15) is 0 Å². The van der Waals surface area contributed by atoms with Gasteiger partial charge in [-0.25, -0.2) is 0 Å². The Hall–Kier alpha value is -0.0400. The van der Waals surface area contributed by atoms with Crippen molar-refractivity contribution in [3.8, 4) is 0 Å². The average molecular weight is 171 g/mol. The van der Waals surface area contributed by atoms with E-state index in [1.807, 2.05) is 0 Å². The molecule has 1 aliphatic heterocycles. The number of hydrogen-bond acceptors (Lipinski definition) is 1. The average Bonchev–Trinajstić information content (AvgIpc) is 2.30. The number of nitrogens with zero attached hydrogens (tertiary/aromatic N) is 1. The molecule has 2 unspecified atom stereocenters. The third kappa shape index (κ3) is 2.48. The van der Waals surface area contributed by atoms with E-state index in [1.54, 1.807) is 0 Å². The van der Waals surface area contributed by atoms with E-state index in [0.29, 0.717) is 11.0 Å². The van der Waals surface area contributed by atoms with Gasteiger partial charge >= 0.3 is 0 Å². The highest BCUT2D eigenvalue weighted by Crippen LogP contribution is 2.39. The van der Waals surface area contributed by atoms with Crippen molar-refractivity contribution < 1.29 is 0 Å². The zero-order valence-corrected chi connectivity index (χ0v) is 8.73. The molecule has 0 bridgehead atoms. The third-order valence-corrected chi connectivity index (χ3v) is 2.47. The van der Waals surface area contributed by atoms with Gasteiger partial charge in [0, 0.05) is 18.1 Å². The second kappa shape index (κ2) is 3.02. The summed E-state index contributed by atoms with van der Waals surface area (Å²) in [5.41, 5.74) is 0.839. The maximum absolute atomic E-state index is 2.56. The van der Waals surface area contributed by atoms with Crippen LogP contribution in [0.2, 0.25) is 0 Å². The van der Waals surface area contributed by atoms with Gasteiger partial charge in [0.1, 0.15) is 0 Å². The van der Waals surface area contributed by atoms with Gasteiger partial charge in [0.05, 0.1) is 0 Å². The molecule has 2 atom stereocenters. The van der Waals surface area contributed by atoms with Gasteiger partial charge in [-0.2, -0.15) is 0 Å². The van der Waals surface area contributed by atoms with Gasteiger partial charge in [-0.1, -0.05) is 28.2 Å².